The topological polar surface area (TPSA) is 0 Å². The van der Waals surface area contributed by atoms with Crippen LogP contribution < -0.4 is 16.4 Å². The van der Waals surface area contributed by atoms with Crippen LogP contribution in [0.1, 0.15) is 33.4 Å². The smallest absolute Gasteiger partial charge is 0.0623 e. The number of hydrogen-bond acceptors (Lipinski definition) is 0. The monoisotopic (exact) mass is 344 g/mol. The van der Waals surface area contributed by atoms with E-state index in [1.807, 2.05) is 0 Å². The molecule has 4 aromatic rings. The van der Waals surface area contributed by atoms with Crippen LogP contribution in [-0.4, -0.2) is 6.71 Å². The molecule has 0 amide bonds. The lowest BCUT2D eigenvalue weighted by molar-refractivity contribution is 1.15. The molecule has 0 saturated carbocycles. The Kier molecular flexibility index (Phi) is 3.03. The Morgan fingerprint density at radius 3 is 2.19 bits per heavy atom. The molecule has 0 unspecified atom stereocenters. The molecule has 0 radical (unpaired) electrons. The first-order chi connectivity index (χ1) is 13.2. The van der Waals surface area contributed by atoms with Crippen LogP contribution in [0, 0.1) is 13.8 Å². The van der Waals surface area contributed by atoms with Crippen molar-refractivity contribution in [3.63, 3.8) is 0 Å². The third kappa shape index (κ3) is 2.00. The summed E-state index contributed by atoms with van der Waals surface area (Å²) in [7, 11) is 0. The van der Waals surface area contributed by atoms with Gasteiger partial charge in [0.2, 0.25) is 6.71 Å². The fraction of sp³-hybridized carbons (Fsp3) is 0.154. The van der Waals surface area contributed by atoms with Crippen LogP contribution in [-0.2, 0) is 12.8 Å². The maximum atomic E-state index is 2.40. The molecule has 0 saturated heterocycles. The molecule has 2 aliphatic heterocycles. The van der Waals surface area contributed by atoms with Gasteiger partial charge in [-0.1, -0.05) is 94.2 Å². The van der Waals surface area contributed by atoms with E-state index in [0.717, 1.165) is 12.8 Å². The van der Waals surface area contributed by atoms with Gasteiger partial charge in [0.25, 0.3) is 0 Å². The second kappa shape index (κ2) is 5.36. The molecule has 4 aromatic carbocycles. The minimum absolute atomic E-state index is 0.384. The van der Waals surface area contributed by atoms with Gasteiger partial charge < -0.3 is 0 Å². The van der Waals surface area contributed by atoms with Crippen molar-refractivity contribution in [2.75, 3.05) is 0 Å². The van der Waals surface area contributed by atoms with E-state index in [0.29, 0.717) is 6.71 Å². The molecule has 0 atom stereocenters. The summed E-state index contributed by atoms with van der Waals surface area (Å²) in [5, 5.41) is 2.80. The van der Waals surface area contributed by atoms with Crippen LogP contribution in [0.4, 0.5) is 0 Å². The van der Waals surface area contributed by atoms with Crippen molar-refractivity contribution in [3.05, 3.63) is 100 Å². The molecule has 0 spiro atoms. The highest BCUT2D eigenvalue weighted by Crippen LogP contribution is 2.28. The quantitative estimate of drug-likeness (QED) is 0.368. The Bertz CT molecular complexity index is 1230. The van der Waals surface area contributed by atoms with E-state index in [-0.39, 0.29) is 0 Å². The molecule has 0 bridgehead atoms. The van der Waals surface area contributed by atoms with E-state index in [4.69, 9.17) is 0 Å². The van der Waals surface area contributed by atoms with Crippen LogP contribution >= 0.6 is 0 Å². The summed E-state index contributed by atoms with van der Waals surface area (Å²) < 4.78 is 0. The molecule has 0 aliphatic carbocycles. The van der Waals surface area contributed by atoms with E-state index in [1.54, 1.807) is 16.4 Å². The Balaban J connectivity index is 1.78. The summed E-state index contributed by atoms with van der Waals surface area (Å²) in [5.74, 6) is 0. The molecular weight excluding hydrogens is 323 g/mol. The predicted octanol–water partition coefficient (Wildman–Crippen LogP) is 3.78. The second-order valence-corrected chi connectivity index (χ2v) is 8.23. The zero-order valence-electron chi connectivity index (χ0n) is 15.8. The number of benzene rings is 4. The minimum atomic E-state index is 0.384. The van der Waals surface area contributed by atoms with Crippen LogP contribution in [0.5, 0.6) is 0 Å². The molecule has 1 heteroatoms. The maximum absolute atomic E-state index is 2.40. The van der Waals surface area contributed by atoms with Crippen LogP contribution in [0.15, 0.2) is 66.7 Å². The lowest BCUT2D eigenvalue weighted by Crippen LogP contribution is -2.62. The average molecular weight is 344 g/mol. The van der Waals surface area contributed by atoms with Crippen molar-refractivity contribution >= 4 is 33.9 Å². The molecule has 0 fully saturated rings. The SMILES string of the molecule is Cc1cccc2c1B1c3c(cccc3Cc3c1c(C)cc1ccccc31)C2. The lowest BCUT2D eigenvalue weighted by atomic mass is 9.29. The van der Waals surface area contributed by atoms with Gasteiger partial charge in [-0.25, -0.2) is 0 Å². The first-order valence-corrected chi connectivity index (χ1v) is 9.92. The maximum Gasteiger partial charge on any atom is 0.243 e. The van der Waals surface area contributed by atoms with Crippen molar-refractivity contribution in [1.29, 1.82) is 0 Å². The average Bonchev–Trinajstić information content (AvgIpc) is 2.68. The zero-order valence-corrected chi connectivity index (χ0v) is 15.8. The number of rotatable bonds is 0. The number of hydrogen-bond donors (Lipinski definition) is 0. The highest BCUT2D eigenvalue weighted by atomic mass is 14.3. The Morgan fingerprint density at radius 2 is 1.33 bits per heavy atom. The van der Waals surface area contributed by atoms with Crippen molar-refractivity contribution < 1.29 is 0 Å². The Morgan fingerprint density at radius 1 is 0.630 bits per heavy atom. The Labute approximate surface area is 160 Å². The van der Waals surface area contributed by atoms with Gasteiger partial charge in [0.05, 0.1) is 0 Å². The molecule has 128 valence electrons. The van der Waals surface area contributed by atoms with E-state index >= 15 is 0 Å². The Hall–Kier alpha value is -2.80. The van der Waals surface area contributed by atoms with E-state index in [9.17, 15) is 0 Å². The molecule has 27 heavy (non-hydrogen) atoms. The fourth-order valence-electron chi connectivity index (χ4n) is 5.67. The van der Waals surface area contributed by atoms with Gasteiger partial charge in [0.15, 0.2) is 0 Å². The molecule has 6 rings (SSSR count). The minimum Gasteiger partial charge on any atom is -0.0623 e. The van der Waals surface area contributed by atoms with E-state index < -0.39 is 0 Å². The van der Waals surface area contributed by atoms with Crippen LogP contribution in [0.3, 0.4) is 0 Å². The molecule has 2 heterocycles. The first kappa shape index (κ1) is 15.3. The summed E-state index contributed by atoms with van der Waals surface area (Å²) in [6.07, 6.45) is 2.12. The molecule has 0 nitrogen and oxygen atoms in total. The van der Waals surface area contributed by atoms with E-state index in [1.165, 1.54) is 44.2 Å². The van der Waals surface area contributed by atoms with Crippen LogP contribution in [0.2, 0.25) is 0 Å². The second-order valence-electron chi connectivity index (χ2n) is 8.23. The number of aryl methyl sites for hydroxylation is 2. The molecule has 0 aromatic heterocycles. The number of fused-ring (bicyclic) bond motifs is 6. The summed E-state index contributed by atoms with van der Waals surface area (Å²) >= 11 is 0. The van der Waals surface area contributed by atoms with Gasteiger partial charge in [-0.2, -0.15) is 0 Å². The van der Waals surface area contributed by atoms with Crippen molar-refractivity contribution in [2.45, 2.75) is 26.7 Å². The van der Waals surface area contributed by atoms with Gasteiger partial charge in [-0.05, 0) is 59.7 Å². The highest BCUT2D eigenvalue weighted by Gasteiger charge is 2.38. The van der Waals surface area contributed by atoms with Gasteiger partial charge in [-0.15, -0.1) is 0 Å². The summed E-state index contributed by atoms with van der Waals surface area (Å²) in [5.41, 5.74) is 13.7. The third-order valence-corrected chi connectivity index (χ3v) is 6.72. The fourth-order valence-corrected chi connectivity index (χ4v) is 5.67. The predicted molar refractivity (Wildman–Crippen MR) is 117 cm³/mol. The van der Waals surface area contributed by atoms with Gasteiger partial charge in [0, 0.05) is 0 Å². The summed E-state index contributed by atoms with van der Waals surface area (Å²) in [6, 6.07) is 25.1. The largest absolute Gasteiger partial charge is 0.243 e. The first-order valence-electron chi connectivity index (χ1n) is 9.92. The molecule has 2 aliphatic rings. The molecular formula is C26H21B. The summed E-state index contributed by atoms with van der Waals surface area (Å²) in [4.78, 5) is 0. The lowest BCUT2D eigenvalue weighted by Gasteiger charge is -2.36. The molecule has 0 N–H and O–H groups in total. The van der Waals surface area contributed by atoms with Crippen molar-refractivity contribution in [3.8, 4) is 0 Å². The summed E-state index contributed by atoms with van der Waals surface area (Å²) in [6.45, 7) is 4.98. The van der Waals surface area contributed by atoms with Crippen molar-refractivity contribution in [1.82, 2.24) is 0 Å². The van der Waals surface area contributed by atoms with Gasteiger partial charge >= 0.3 is 0 Å². The van der Waals surface area contributed by atoms with Crippen molar-refractivity contribution in [2.24, 2.45) is 0 Å². The third-order valence-electron chi connectivity index (χ3n) is 6.72. The van der Waals surface area contributed by atoms with Crippen LogP contribution in [0.25, 0.3) is 10.8 Å². The van der Waals surface area contributed by atoms with E-state index in [2.05, 4.69) is 80.6 Å². The van der Waals surface area contributed by atoms with Gasteiger partial charge in [-0.3, -0.25) is 0 Å². The standard InChI is InChI=1S/C26H21B/c1-16-7-5-9-19-14-20-10-6-11-21-15-23-22-12-4-3-8-18(22)13-17(2)25(23)27(24(16)19)26(20)21/h3-13H,14-15H2,1-2H3. The highest BCUT2D eigenvalue weighted by molar-refractivity contribution is 6.98. The van der Waals surface area contributed by atoms with Gasteiger partial charge in [0.1, 0.15) is 0 Å². The normalized spacial score (nSPS) is 13.9. The zero-order chi connectivity index (χ0) is 18.1.